The number of sulfonamides is 1. The summed E-state index contributed by atoms with van der Waals surface area (Å²) in [6.45, 7) is 4.01. The number of aliphatic hydroxyl groups is 1. The lowest BCUT2D eigenvalue weighted by atomic mass is 9.90. The molecule has 0 aliphatic rings. The van der Waals surface area contributed by atoms with E-state index in [9.17, 15) is 8.42 Å². The van der Waals surface area contributed by atoms with E-state index in [0.717, 1.165) is 0 Å². The van der Waals surface area contributed by atoms with E-state index in [1.54, 1.807) is 6.07 Å². The highest BCUT2D eigenvalue weighted by molar-refractivity contribution is 7.89. The minimum atomic E-state index is -3.69. The van der Waals surface area contributed by atoms with Gasteiger partial charge in [-0.1, -0.05) is 13.8 Å². The fraction of sp³-hybridized carbons (Fsp3) is 0.571. The van der Waals surface area contributed by atoms with Crippen LogP contribution in [0.5, 0.6) is 11.5 Å². The van der Waals surface area contributed by atoms with Crippen molar-refractivity contribution in [2.75, 3.05) is 27.4 Å². The van der Waals surface area contributed by atoms with Gasteiger partial charge in [-0.3, -0.25) is 0 Å². The topological polar surface area (TPSA) is 84.9 Å². The standard InChI is InChI=1S/C14H23NO5S/c1-14(2,7-8-16)10-15-21(17,18)13-6-5-11(19-3)9-12(13)20-4/h5-6,9,15-16H,7-8,10H2,1-4H3. The number of rotatable bonds is 8. The Hall–Kier alpha value is -1.31. The van der Waals surface area contributed by atoms with Crippen molar-refractivity contribution in [1.82, 2.24) is 4.72 Å². The number of nitrogens with one attached hydrogen (secondary N) is 1. The van der Waals surface area contributed by atoms with Crippen molar-refractivity contribution in [3.8, 4) is 11.5 Å². The van der Waals surface area contributed by atoms with Crippen molar-refractivity contribution in [2.45, 2.75) is 25.2 Å². The molecule has 2 N–H and O–H groups in total. The number of ether oxygens (including phenoxy) is 2. The molecule has 1 aromatic carbocycles. The van der Waals surface area contributed by atoms with E-state index in [-0.39, 0.29) is 29.2 Å². The lowest BCUT2D eigenvalue weighted by Crippen LogP contribution is -2.34. The fourth-order valence-corrected chi connectivity index (χ4v) is 3.15. The first kappa shape index (κ1) is 17.7. The van der Waals surface area contributed by atoms with Gasteiger partial charge in [0.15, 0.2) is 0 Å². The van der Waals surface area contributed by atoms with E-state index in [0.29, 0.717) is 12.2 Å². The summed E-state index contributed by atoms with van der Waals surface area (Å²) < 4.78 is 37.5. The van der Waals surface area contributed by atoms with Gasteiger partial charge < -0.3 is 14.6 Å². The largest absolute Gasteiger partial charge is 0.497 e. The second-order valence-electron chi connectivity index (χ2n) is 5.48. The van der Waals surface area contributed by atoms with E-state index in [1.807, 2.05) is 13.8 Å². The van der Waals surface area contributed by atoms with Crippen molar-refractivity contribution < 1.29 is 23.0 Å². The van der Waals surface area contributed by atoms with Crippen LogP contribution >= 0.6 is 0 Å². The van der Waals surface area contributed by atoms with Gasteiger partial charge >= 0.3 is 0 Å². The molecule has 120 valence electrons. The zero-order valence-electron chi connectivity index (χ0n) is 12.8. The molecule has 0 spiro atoms. The summed E-state index contributed by atoms with van der Waals surface area (Å²) in [5, 5.41) is 8.98. The third-order valence-corrected chi connectivity index (χ3v) is 4.63. The Balaban J connectivity index is 2.98. The molecule has 0 aliphatic carbocycles. The SMILES string of the molecule is COc1ccc(S(=O)(=O)NCC(C)(C)CCO)c(OC)c1. The fourth-order valence-electron chi connectivity index (χ4n) is 1.76. The van der Waals surface area contributed by atoms with E-state index in [4.69, 9.17) is 14.6 Å². The zero-order valence-corrected chi connectivity index (χ0v) is 13.7. The number of hydrogen-bond donors (Lipinski definition) is 2. The van der Waals surface area contributed by atoms with Crippen LogP contribution in [0.25, 0.3) is 0 Å². The maximum absolute atomic E-state index is 12.4. The second-order valence-corrected chi connectivity index (χ2v) is 7.21. The molecule has 0 unspecified atom stereocenters. The van der Waals surface area contributed by atoms with Crippen LogP contribution in [0.1, 0.15) is 20.3 Å². The van der Waals surface area contributed by atoms with Crippen molar-refractivity contribution >= 4 is 10.0 Å². The maximum Gasteiger partial charge on any atom is 0.244 e. The Labute approximate surface area is 126 Å². The molecule has 0 radical (unpaired) electrons. The molecule has 21 heavy (non-hydrogen) atoms. The van der Waals surface area contributed by atoms with Gasteiger partial charge in [0.2, 0.25) is 10.0 Å². The summed E-state index contributed by atoms with van der Waals surface area (Å²) in [4.78, 5) is 0.0607. The quantitative estimate of drug-likeness (QED) is 0.757. The highest BCUT2D eigenvalue weighted by Crippen LogP contribution is 2.29. The van der Waals surface area contributed by atoms with Crippen molar-refractivity contribution in [3.63, 3.8) is 0 Å². The van der Waals surface area contributed by atoms with Gasteiger partial charge in [0.05, 0.1) is 14.2 Å². The average molecular weight is 317 g/mol. The van der Waals surface area contributed by atoms with Crippen LogP contribution < -0.4 is 14.2 Å². The second kappa shape index (κ2) is 7.11. The van der Waals surface area contributed by atoms with E-state index in [1.165, 1.54) is 26.4 Å². The Morgan fingerprint density at radius 2 is 1.90 bits per heavy atom. The van der Waals surface area contributed by atoms with Crippen molar-refractivity contribution in [2.24, 2.45) is 5.41 Å². The van der Waals surface area contributed by atoms with Crippen LogP contribution in [0, 0.1) is 5.41 Å². The third-order valence-electron chi connectivity index (χ3n) is 3.19. The van der Waals surface area contributed by atoms with Crippen LogP contribution in [-0.4, -0.2) is 40.9 Å². The average Bonchev–Trinajstić information content (AvgIpc) is 2.44. The summed E-state index contributed by atoms with van der Waals surface area (Å²) in [6.07, 6.45) is 0.509. The first-order valence-corrected chi connectivity index (χ1v) is 8.06. The van der Waals surface area contributed by atoms with Crippen molar-refractivity contribution in [3.05, 3.63) is 18.2 Å². The predicted octanol–water partition coefficient (Wildman–Crippen LogP) is 1.39. The van der Waals surface area contributed by atoms with Crippen LogP contribution in [0.15, 0.2) is 23.1 Å². The minimum absolute atomic E-state index is 0.0145. The van der Waals surface area contributed by atoms with Crippen LogP contribution in [-0.2, 0) is 10.0 Å². The first-order valence-electron chi connectivity index (χ1n) is 6.58. The Morgan fingerprint density at radius 3 is 2.43 bits per heavy atom. The molecule has 0 saturated carbocycles. The normalized spacial score (nSPS) is 12.2. The van der Waals surface area contributed by atoms with Gasteiger partial charge in [0.25, 0.3) is 0 Å². The zero-order chi connectivity index (χ0) is 16.1. The van der Waals surface area contributed by atoms with Crippen LogP contribution in [0.4, 0.5) is 0 Å². The highest BCUT2D eigenvalue weighted by atomic mass is 32.2. The molecule has 1 aromatic rings. The molecule has 7 heteroatoms. The molecule has 6 nitrogen and oxygen atoms in total. The molecule has 1 rings (SSSR count). The molecule has 0 bridgehead atoms. The number of hydrogen-bond acceptors (Lipinski definition) is 5. The summed E-state index contributed by atoms with van der Waals surface area (Å²) >= 11 is 0. The van der Waals surface area contributed by atoms with Gasteiger partial charge in [0.1, 0.15) is 16.4 Å². The first-order chi connectivity index (χ1) is 9.75. The van der Waals surface area contributed by atoms with Gasteiger partial charge in [-0.05, 0) is 24.0 Å². The van der Waals surface area contributed by atoms with Gasteiger partial charge in [-0.2, -0.15) is 0 Å². The molecule has 0 atom stereocenters. The monoisotopic (exact) mass is 317 g/mol. The smallest absolute Gasteiger partial charge is 0.244 e. The lowest BCUT2D eigenvalue weighted by molar-refractivity contribution is 0.213. The van der Waals surface area contributed by atoms with E-state index in [2.05, 4.69) is 4.72 Å². The summed E-state index contributed by atoms with van der Waals surface area (Å²) in [5.74, 6) is 0.744. The summed E-state index contributed by atoms with van der Waals surface area (Å²) in [7, 11) is -0.787. The van der Waals surface area contributed by atoms with E-state index < -0.39 is 10.0 Å². The van der Waals surface area contributed by atoms with Crippen molar-refractivity contribution in [1.29, 1.82) is 0 Å². The van der Waals surface area contributed by atoms with Crippen LogP contribution in [0.2, 0.25) is 0 Å². The Morgan fingerprint density at radius 1 is 1.24 bits per heavy atom. The minimum Gasteiger partial charge on any atom is -0.497 e. The Kier molecular flexibility index (Phi) is 6.00. The summed E-state index contributed by atoms with van der Waals surface area (Å²) in [6, 6.07) is 4.53. The molecule has 0 amide bonds. The maximum atomic E-state index is 12.4. The molecule has 0 aromatic heterocycles. The molecule has 0 fully saturated rings. The van der Waals surface area contributed by atoms with Crippen LogP contribution in [0.3, 0.4) is 0 Å². The molecule has 0 heterocycles. The highest BCUT2D eigenvalue weighted by Gasteiger charge is 2.24. The molecular formula is C14H23NO5S. The number of methoxy groups -OCH3 is 2. The molecular weight excluding hydrogens is 294 g/mol. The van der Waals surface area contributed by atoms with Gasteiger partial charge in [-0.25, -0.2) is 13.1 Å². The summed E-state index contributed by atoms with van der Waals surface area (Å²) in [5.41, 5.74) is -0.332. The third kappa shape index (κ3) is 4.87. The number of benzene rings is 1. The lowest BCUT2D eigenvalue weighted by Gasteiger charge is -2.24. The Bertz CT molecular complexity index is 569. The molecule has 0 aliphatic heterocycles. The van der Waals surface area contributed by atoms with Gasteiger partial charge in [0, 0.05) is 19.2 Å². The number of aliphatic hydroxyl groups excluding tert-OH is 1. The van der Waals surface area contributed by atoms with Gasteiger partial charge in [-0.15, -0.1) is 0 Å². The van der Waals surface area contributed by atoms with E-state index >= 15 is 0 Å². The molecule has 0 saturated heterocycles. The predicted molar refractivity (Wildman–Crippen MR) is 80.2 cm³/mol.